The molecule has 1 N–H and O–H groups in total. The fourth-order valence-corrected chi connectivity index (χ4v) is 1.66. The Morgan fingerprint density at radius 3 is 2.95 bits per heavy atom. The van der Waals surface area contributed by atoms with Gasteiger partial charge in [-0.3, -0.25) is 4.98 Å². The summed E-state index contributed by atoms with van der Waals surface area (Å²) < 4.78 is 7.17. The summed E-state index contributed by atoms with van der Waals surface area (Å²) in [4.78, 5) is 4.06. The van der Waals surface area contributed by atoms with Gasteiger partial charge in [-0.25, -0.2) is 0 Å². The number of para-hydroxylation sites is 1. The molecule has 0 aliphatic heterocycles. The minimum Gasteiger partial charge on any atom is -0.492 e. The highest BCUT2D eigenvalue weighted by molar-refractivity contribution is 5.43. The Balaban J connectivity index is 1.57. The van der Waals surface area contributed by atoms with Crippen LogP contribution in [0.3, 0.4) is 0 Å². The van der Waals surface area contributed by atoms with Crippen molar-refractivity contribution < 1.29 is 4.74 Å². The molecule has 0 aliphatic rings. The quantitative estimate of drug-likeness (QED) is 0.686. The molecule has 0 radical (unpaired) electrons. The Morgan fingerprint density at radius 2 is 2.05 bits per heavy atom. The highest BCUT2D eigenvalue weighted by Crippen LogP contribution is 2.08. The van der Waals surface area contributed by atoms with E-state index in [-0.39, 0.29) is 0 Å². The molecular formula is C12H12N6O. The van der Waals surface area contributed by atoms with Gasteiger partial charge >= 0.3 is 0 Å². The van der Waals surface area contributed by atoms with Crippen LogP contribution in [0.15, 0.2) is 42.7 Å². The number of nitrogens with one attached hydrogen (secondary N) is 1. The fraction of sp³-hybridized carbons (Fsp3) is 0.167. The fourth-order valence-electron chi connectivity index (χ4n) is 1.66. The molecule has 0 saturated heterocycles. The number of anilines is 1. The van der Waals surface area contributed by atoms with Gasteiger partial charge in [0.1, 0.15) is 12.4 Å². The molecule has 3 aromatic rings. The second-order valence-electron chi connectivity index (χ2n) is 3.83. The van der Waals surface area contributed by atoms with Crippen LogP contribution < -0.4 is 10.1 Å². The average molecular weight is 256 g/mol. The van der Waals surface area contributed by atoms with E-state index < -0.39 is 0 Å². The monoisotopic (exact) mass is 256 g/mol. The van der Waals surface area contributed by atoms with E-state index in [0.717, 1.165) is 11.6 Å². The lowest BCUT2D eigenvalue weighted by Crippen LogP contribution is -2.14. The number of benzene rings is 1. The zero-order valence-electron chi connectivity index (χ0n) is 10.1. The van der Waals surface area contributed by atoms with E-state index in [2.05, 4.69) is 25.8 Å². The first-order valence-electron chi connectivity index (χ1n) is 5.87. The first-order chi connectivity index (χ1) is 9.43. The third kappa shape index (κ3) is 2.59. The van der Waals surface area contributed by atoms with Crippen LogP contribution in [0.5, 0.6) is 5.75 Å². The zero-order chi connectivity index (χ0) is 12.9. The van der Waals surface area contributed by atoms with Crippen LogP contribution in [-0.2, 0) is 0 Å². The van der Waals surface area contributed by atoms with E-state index in [1.807, 2.05) is 30.3 Å². The van der Waals surface area contributed by atoms with Crippen molar-refractivity contribution in [3.63, 3.8) is 0 Å². The molecule has 96 valence electrons. The van der Waals surface area contributed by atoms with Gasteiger partial charge in [0.25, 0.3) is 0 Å². The number of hydrogen-bond acceptors (Lipinski definition) is 6. The van der Waals surface area contributed by atoms with E-state index in [4.69, 9.17) is 4.74 Å². The van der Waals surface area contributed by atoms with Crippen LogP contribution in [0, 0.1) is 0 Å². The maximum absolute atomic E-state index is 5.58. The number of nitrogens with zero attached hydrogens (tertiary/aromatic N) is 5. The zero-order valence-corrected chi connectivity index (χ0v) is 10.1. The Morgan fingerprint density at radius 1 is 1.16 bits per heavy atom. The van der Waals surface area contributed by atoms with Gasteiger partial charge in [0, 0.05) is 0 Å². The number of hydrogen-bond donors (Lipinski definition) is 1. The summed E-state index contributed by atoms with van der Waals surface area (Å²) in [6.07, 6.45) is 3.28. The summed E-state index contributed by atoms with van der Waals surface area (Å²) in [6.45, 7) is 1.18. The van der Waals surface area contributed by atoms with Gasteiger partial charge in [-0.2, -0.15) is 4.52 Å². The van der Waals surface area contributed by atoms with Gasteiger partial charge in [-0.05, 0) is 22.6 Å². The van der Waals surface area contributed by atoms with Gasteiger partial charge in [0.2, 0.25) is 0 Å². The molecule has 0 fully saturated rings. The second-order valence-corrected chi connectivity index (χ2v) is 3.83. The maximum atomic E-state index is 5.58. The summed E-state index contributed by atoms with van der Waals surface area (Å²) in [5.74, 6) is 1.59. The van der Waals surface area contributed by atoms with Gasteiger partial charge in [-0.15, -0.1) is 5.10 Å². The third-order valence-electron chi connectivity index (χ3n) is 2.53. The first-order valence-corrected chi connectivity index (χ1v) is 5.87. The molecule has 7 heteroatoms. The molecule has 0 spiro atoms. The molecule has 0 unspecified atom stereocenters. The van der Waals surface area contributed by atoms with E-state index in [9.17, 15) is 0 Å². The molecule has 0 saturated carbocycles. The van der Waals surface area contributed by atoms with Gasteiger partial charge in [0.15, 0.2) is 11.5 Å². The Bertz CT molecular complexity index is 653. The molecular weight excluding hydrogens is 244 g/mol. The molecule has 0 atom stereocenters. The second kappa shape index (κ2) is 5.30. The maximum Gasteiger partial charge on any atom is 0.199 e. The number of tetrazole rings is 1. The summed E-state index contributed by atoms with van der Waals surface area (Å²) in [6, 6.07) is 9.67. The van der Waals surface area contributed by atoms with Crippen molar-refractivity contribution in [1.29, 1.82) is 0 Å². The van der Waals surface area contributed by atoms with E-state index in [1.54, 1.807) is 16.9 Å². The molecule has 0 aliphatic carbocycles. The summed E-state index contributed by atoms with van der Waals surface area (Å²) in [5, 5.41) is 14.5. The molecule has 19 heavy (non-hydrogen) atoms. The predicted octanol–water partition coefficient (Wildman–Crippen LogP) is 1.01. The Labute approximate surface area is 109 Å². The van der Waals surface area contributed by atoms with Crippen molar-refractivity contribution in [1.82, 2.24) is 25.0 Å². The van der Waals surface area contributed by atoms with Gasteiger partial charge in [0.05, 0.1) is 18.9 Å². The lowest BCUT2D eigenvalue weighted by atomic mass is 10.3. The predicted molar refractivity (Wildman–Crippen MR) is 69.0 cm³/mol. The average Bonchev–Trinajstić information content (AvgIpc) is 2.94. The van der Waals surface area contributed by atoms with Gasteiger partial charge in [-0.1, -0.05) is 18.2 Å². The molecule has 7 nitrogen and oxygen atoms in total. The number of rotatable bonds is 5. The van der Waals surface area contributed by atoms with Crippen molar-refractivity contribution in [2.45, 2.75) is 0 Å². The number of ether oxygens (including phenoxy) is 1. The third-order valence-corrected chi connectivity index (χ3v) is 2.53. The van der Waals surface area contributed by atoms with E-state index in [1.165, 1.54) is 0 Å². The molecule has 0 amide bonds. The van der Waals surface area contributed by atoms with E-state index >= 15 is 0 Å². The van der Waals surface area contributed by atoms with Crippen molar-refractivity contribution >= 4 is 11.5 Å². The Kier molecular flexibility index (Phi) is 3.18. The molecule has 0 bridgehead atoms. The molecule has 2 aromatic heterocycles. The van der Waals surface area contributed by atoms with Crippen molar-refractivity contribution in [3.05, 3.63) is 42.7 Å². The standard InChI is InChI=1S/C12H12N6O/c1-2-4-10(5-3-1)19-7-6-14-11-8-13-9-12-15-16-17-18(11)12/h1-5,8-9,14H,6-7H2. The summed E-state index contributed by atoms with van der Waals surface area (Å²) >= 11 is 0. The first kappa shape index (κ1) is 11.4. The highest BCUT2D eigenvalue weighted by Gasteiger charge is 2.02. The Hall–Kier alpha value is -2.70. The molecule has 2 heterocycles. The minimum absolute atomic E-state index is 0.544. The highest BCUT2D eigenvalue weighted by atomic mass is 16.5. The van der Waals surface area contributed by atoms with Crippen molar-refractivity contribution in [2.75, 3.05) is 18.5 Å². The lowest BCUT2D eigenvalue weighted by molar-refractivity contribution is 0.332. The van der Waals surface area contributed by atoms with Crippen LogP contribution in [0.2, 0.25) is 0 Å². The van der Waals surface area contributed by atoms with Gasteiger partial charge < -0.3 is 10.1 Å². The van der Waals surface area contributed by atoms with Crippen molar-refractivity contribution in [2.24, 2.45) is 0 Å². The van der Waals surface area contributed by atoms with Crippen LogP contribution in [-0.4, -0.2) is 38.2 Å². The normalized spacial score (nSPS) is 10.5. The topological polar surface area (TPSA) is 77.2 Å². The van der Waals surface area contributed by atoms with E-state index in [0.29, 0.717) is 18.8 Å². The van der Waals surface area contributed by atoms with Crippen LogP contribution in [0.1, 0.15) is 0 Å². The van der Waals surface area contributed by atoms with Crippen LogP contribution >= 0.6 is 0 Å². The lowest BCUT2D eigenvalue weighted by Gasteiger charge is -2.08. The molecule has 3 rings (SSSR count). The van der Waals surface area contributed by atoms with Crippen LogP contribution in [0.25, 0.3) is 5.65 Å². The summed E-state index contributed by atoms with van der Waals surface area (Å²) in [7, 11) is 0. The summed E-state index contributed by atoms with van der Waals surface area (Å²) in [5.41, 5.74) is 0.606. The number of aromatic nitrogens is 5. The minimum atomic E-state index is 0.544. The largest absolute Gasteiger partial charge is 0.492 e. The van der Waals surface area contributed by atoms with Crippen molar-refractivity contribution in [3.8, 4) is 5.75 Å². The van der Waals surface area contributed by atoms with Crippen LogP contribution in [0.4, 0.5) is 5.82 Å². The SMILES string of the molecule is c1ccc(OCCNc2cncc3nnnn23)cc1. The molecule has 1 aromatic carbocycles. The number of fused-ring (bicyclic) bond motifs is 1. The smallest absolute Gasteiger partial charge is 0.199 e.